The second-order valence-electron chi connectivity index (χ2n) is 22.9. The smallest absolute Gasteiger partial charge is 0.305 e. The van der Waals surface area contributed by atoms with Crippen molar-refractivity contribution in [2.75, 3.05) is 19.8 Å². The van der Waals surface area contributed by atoms with Gasteiger partial charge in [-0.2, -0.15) is 0 Å². The molecule has 0 aliphatic heterocycles. The van der Waals surface area contributed by atoms with E-state index >= 15 is 0 Å². The molecule has 0 aliphatic carbocycles. The maximum absolute atomic E-state index is 11.4. The van der Waals surface area contributed by atoms with Crippen molar-refractivity contribution in [3.8, 4) is 119 Å². The lowest BCUT2D eigenvalue weighted by molar-refractivity contribution is -0.143. The number of carbonyl (C=O) groups excluding carboxylic acids is 1. The summed E-state index contributed by atoms with van der Waals surface area (Å²) in [5, 5.41) is 17.7. The monoisotopic (exact) mass is 1260 g/mol. The number of rotatable bonds is 49. The van der Waals surface area contributed by atoms with Gasteiger partial charge in [0.05, 0.1) is 6.61 Å². The quantitative estimate of drug-likeness (QED) is 0.0362. The van der Waals surface area contributed by atoms with E-state index in [0.717, 1.165) is 19.3 Å². The molecule has 0 amide bonds. The molecule has 1 unspecified atom stereocenters. The van der Waals surface area contributed by atoms with Crippen molar-refractivity contribution in [2.24, 2.45) is 5.92 Å². The second kappa shape index (κ2) is 116. The average molecular weight is 1260 g/mol. The van der Waals surface area contributed by atoms with Crippen LogP contribution in [0.3, 0.4) is 0 Å². The van der Waals surface area contributed by atoms with Crippen LogP contribution in [0.4, 0.5) is 0 Å². The SMILES string of the molecule is C.C.C#CC#CC#CC.C#CC#CC#CC#CC#CC#CC#CC.CCCCCCCC.CCCCCCCCC(CO)CCCCCC.CCCCCCCCCCCCCCC.CCCCCCCCO.CCCCCCCCOC(=O)CCCCCCC. The van der Waals surface area contributed by atoms with E-state index in [-0.39, 0.29) is 20.8 Å². The van der Waals surface area contributed by atoms with Crippen molar-refractivity contribution in [1.29, 1.82) is 0 Å². The van der Waals surface area contributed by atoms with Crippen LogP contribution in [0.2, 0.25) is 0 Å². The van der Waals surface area contributed by atoms with E-state index in [2.05, 4.69) is 169 Å². The van der Waals surface area contributed by atoms with Crippen LogP contribution in [-0.2, 0) is 9.53 Å². The average Bonchev–Trinajstić information content (AvgIpc) is 3.55. The summed E-state index contributed by atoms with van der Waals surface area (Å²) >= 11 is 0. The first-order valence-electron chi connectivity index (χ1n) is 36.8. The van der Waals surface area contributed by atoms with E-state index in [1.165, 1.54) is 289 Å². The summed E-state index contributed by atoms with van der Waals surface area (Å²) in [6, 6.07) is 0. The van der Waals surface area contributed by atoms with Crippen LogP contribution >= 0.6 is 0 Å². The van der Waals surface area contributed by atoms with Crippen molar-refractivity contribution >= 4 is 5.97 Å². The summed E-state index contributed by atoms with van der Waals surface area (Å²) in [6.45, 7) is 25.1. The number of aliphatic hydroxyl groups is 2. The van der Waals surface area contributed by atoms with Crippen molar-refractivity contribution in [3.05, 3.63) is 0 Å². The third-order valence-corrected chi connectivity index (χ3v) is 14.3. The summed E-state index contributed by atoms with van der Waals surface area (Å²) in [4.78, 5) is 11.4. The molecule has 0 aromatic carbocycles. The van der Waals surface area contributed by atoms with E-state index in [4.69, 9.17) is 22.7 Å². The molecule has 4 nitrogen and oxygen atoms in total. The van der Waals surface area contributed by atoms with Gasteiger partial charge in [0.1, 0.15) is 0 Å². The predicted octanol–water partition coefficient (Wildman–Crippen LogP) is 24.9. The van der Waals surface area contributed by atoms with Gasteiger partial charge < -0.3 is 14.9 Å². The summed E-state index contributed by atoms with van der Waals surface area (Å²) in [6.07, 6.45) is 74.6. The third kappa shape index (κ3) is 134. The Morgan fingerprint density at radius 1 is 0.308 bits per heavy atom. The Kier molecular flexibility index (Phi) is 133. The molecule has 0 bridgehead atoms. The van der Waals surface area contributed by atoms with E-state index in [9.17, 15) is 9.90 Å². The Hall–Kier alpha value is -5.01. The zero-order valence-electron chi connectivity index (χ0n) is 60.7. The lowest BCUT2D eigenvalue weighted by Crippen LogP contribution is -2.06. The van der Waals surface area contributed by atoms with Gasteiger partial charge >= 0.3 is 5.97 Å². The molecule has 0 fully saturated rings. The van der Waals surface area contributed by atoms with Gasteiger partial charge in [-0.15, -0.1) is 12.8 Å². The number of carbonyl (C=O) groups is 1. The van der Waals surface area contributed by atoms with Gasteiger partial charge in [0.25, 0.3) is 0 Å². The minimum atomic E-state index is 0. The summed E-state index contributed by atoms with van der Waals surface area (Å²) < 4.78 is 5.22. The van der Waals surface area contributed by atoms with Crippen LogP contribution in [0.25, 0.3) is 0 Å². The molecule has 0 saturated heterocycles. The van der Waals surface area contributed by atoms with Gasteiger partial charge in [-0.3, -0.25) is 4.79 Å². The minimum absolute atomic E-state index is 0. The van der Waals surface area contributed by atoms with Crippen LogP contribution in [-0.4, -0.2) is 36.0 Å². The third-order valence-electron chi connectivity index (χ3n) is 14.3. The molecular weight excluding hydrogens is 1110 g/mol. The molecule has 522 valence electrons. The number of aliphatic hydroxyl groups excluding tert-OH is 2. The van der Waals surface area contributed by atoms with Crippen LogP contribution in [0.5, 0.6) is 0 Å². The Morgan fingerprint density at radius 2 is 0.527 bits per heavy atom. The van der Waals surface area contributed by atoms with Crippen molar-refractivity contribution < 1.29 is 19.7 Å². The van der Waals surface area contributed by atoms with Gasteiger partial charge in [0.15, 0.2) is 0 Å². The zero-order valence-corrected chi connectivity index (χ0v) is 60.7. The molecule has 0 spiro atoms. The molecule has 91 heavy (non-hydrogen) atoms. The first-order chi connectivity index (χ1) is 43.7. The second-order valence-corrected chi connectivity index (χ2v) is 22.9. The summed E-state index contributed by atoms with van der Waals surface area (Å²) in [5.74, 6) is 44.5. The molecule has 0 heterocycles. The van der Waals surface area contributed by atoms with Gasteiger partial charge in [-0.25, -0.2) is 0 Å². The number of ether oxygens (including phenoxy) is 1. The van der Waals surface area contributed by atoms with Gasteiger partial charge in [-0.05, 0) is 147 Å². The van der Waals surface area contributed by atoms with Gasteiger partial charge in [0, 0.05) is 19.6 Å². The largest absolute Gasteiger partial charge is 0.466 e. The standard InChI is InChI=1S/C16H32O2.C16H34O.C15H32.C15H4.C8H18O.C8H18.C7H4.2CH4/c1-3-5-7-9-11-13-15-18-16(17)14-12-10-8-6-4-2;1-3-5-7-9-10-12-14-16(15-17)13-11-8-6-4-2;2*1-3-5-7-9-11-13-15-14-12-10-8-6-4-2;1-2-3-4-5-6-7-8-9;1-3-5-7-8-6-4-2;1-3-5-7-6-4-2;;/h3-15H2,1-2H3;16-17H,3-15H2,1-2H3;3-15H2,1-2H3;1H,2H3;9H,2-8H2,1H3;3-8H2,1-2H3;1H,2H3;2*1H4. The minimum Gasteiger partial charge on any atom is -0.466 e. The molecular formula is C87H150O4. The Bertz CT molecular complexity index is 1960. The molecule has 0 radical (unpaired) electrons. The molecule has 4 heteroatoms. The maximum Gasteiger partial charge on any atom is 0.305 e. The normalized spacial score (nSPS) is 9.00. The van der Waals surface area contributed by atoms with Crippen LogP contribution in [0.15, 0.2) is 0 Å². The number of esters is 1. The summed E-state index contributed by atoms with van der Waals surface area (Å²) in [7, 11) is 0. The molecule has 2 N–H and O–H groups in total. The van der Waals surface area contributed by atoms with E-state index in [1.54, 1.807) is 13.8 Å². The maximum atomic E-state index is 11.4. The highest BCUT2D eigenvalue weighted by Crippen LogP contribution is 2.19. The van der Waals surface area contributed by atoms with E-state index in [1.807, 2.05) is 0 Å². The fourth-order valence-corrected chi connectivity index (χ4v) is 8.76. The first-order valence-corrected chi connectivity index (χ1v) is 36.8. The molecule has 1 atom stereocenters. The zero-order chi connectivity index (χ0) is 67.4. The lowest BCUT2D eigenvalue weighted by Gasteiger charge is -2.13. The Balaban J connectivity index is -0.000000125. The number of hydrogen-bond donors (Lipinski definition) is 2. The number of hydrogen-bond acceptors (Lipinski definition) is 4. The number of unbranched alkanes of at least 4 members (excludes halogenated alkanes) is 39. The fraction of sp³-hybridized carbons (Fsp3) is 0.759. The molecule has 0 aromatic heterocycles. The predicted molar refractivity (Wildman–Crippen MR) is 411 cm³/mol. The van der Waals surface area contributed by atoms with E-state index in [0.29, 0.717) is 32.2 Å². The highest BCUT2D eigenvalue weighted by Gasteiger charge is 2.07. The molecule has 0 aromatic rings. The van der Waals surface area contributed by atoms with Crippen LogP contribution in [0, 0.1) is 125 Å². The van der Waals surface area contributed by atoms with Crippen molar-refractivity contribution in [3.63, 3.8) is 0 Å². The van der Waals surface area contributed by atoms with Crippen LogP contribution < -0.4 is 0 Å². The van der Waals surface area contributed by atoms with Gasteiger partial charge in [0.2, 0.25) is 0 Å². The topological polar surface area (TPSA) is 66.8 Å². The molecule has 0 rings (SSSR count). The fourth-order valence-electron chi connectivity index (χ4n) is 8.76. The van der Waals surface area contributed by atoms with Crippen molar-refractivity contribution in [2.45, 2.75) is 406 Å². The van der Waals surface area contributed by atoms with Crippen LogP contribution in [0.1, 0.15) is 406 Å². The molecule has 0 saturated carbocycles. The number of terminal acetylenes is 2. The Morgan fingerprint density at radius 3 is 0.791 bits per heavy atom. The summed E-state index contributed by atoms with van der Waals surface area (Å²) in [5.41, 5.74) is 0. The highest BCUT2D eigenvalue weighted by atomic mass is 16.5. The lowest BCUT2D eigenvalue weighted by atomic mass is 9.95. The first kappa shape index (κ1) is 105. The van der Waals surface area contributed by atoms with E-state index < -0.39 is 0 Å². The van der Waals surface area contributed by atoms with Crippen molar-refractivity contribution in [1.82, 2.24) is 0 Å². The highest BCUT2D eigenvalue weighted by molar-refractivity contribution is 5.69. The van der Waals surface area contributed by atoms with Gasteiger partial charge in [-0.1, -0.05) is 365 Å². The molecule has 0 aliphatic rings. The Labute approximate surface area is 573 Å².